The van der Waals surface area contributed by atoms with E-state index in [4.69, 9.17) is 11.6 Å². The molecule has 0 aromatic heterocycles. The molecule has 2 aromatic rings. The van der Waals surface area contributed by atoms with Gasteiger partial charge in [0.2, 0.25) is 0 Å². The summed E-state index contributed by atoms with van der Waals surface area (Å²) in [6, 6.07) is 13.3. The van der Waals surface area contributed by atoms with Gasteiger partial charge in [0, 0.05) is 29.9 Å². The van der Waals surface area contributed by atoms with Crippen LogP contribution in [0, 0.1) is 6.92 Å². The summed E-state index contributed by atoms with van der Waals surface area (Å²) in [5.74, 6) is -0.0739. The number of hydrogen-bond donors (Lipinski definition) is 2. The van der Waals surface area contributed by atoms with Gasteiger partial charge in [0.05, 0.1) is 0 Å². The Bertz CT molecular complexity index is 608. The number of amides is 1. The molecular weight excluding hydrogens is 272 g/mol. The second kappa shape index (κ2) is 6.44. The molecule has 0 unspecified atom stereocenters. The minimum Gasteiger partial charge on any atom is -0.381 e. The molecule has 2 rings (SSSR count). The van der Waals surface area contributed by atoms with Gasteiger partial charge in [0.15, 0.2) is 0 Å². The van der Waals surface area contributed by atoms with Gasteiger partial charge < -0.3 is 10.6 Å². The van der Waals surface area contributed by atoms with Crippen LogP contribution in [-0.2, 0) is 6.54 Å². The molecular formula is C16H17ClN2O. The van der Waals surface area contributed by atoms with Gasteiger partial charge in [-0.25, -0.2) is 0 Å². The highest BCUT2D eigenvalue weighted by atomic mass is 35.5. The molecule has 0 aliphatic heterocycles. The summed E-state index contributed by atoms with van der Waals surface area (Å²) in [7, 11) is 1.62. The Morgan fingerprint density at radius 3 is 2.50 bits per heavy atom. The third kappa shape index (κ3) is 3.31. The summed E-state index contributed by atoms with van der Waals surface area (Å²) < 4.78 is 0. The third-order valence-corrected chi connectivity index (χ3v) is 3.60. The zero-order valence-electron chi connectivity index (χ0n) is 11.5. The summed E-state index contributed by atoms with van der Waals surface area (Å²) in [4.78, 5) is 11.4. The predicted octanol–water partition coefficient (Wildman–Crippen LogP) is 3.62. The Morgan fingerprint density at radius 1 is 1.15 bits per heavy atom. The van der Waals surface area contributed by atoms with Crippen LogP contribution < -0.4 is 10.6 Å². The second-order valence-electron chi connectivity index (χ2n) is 4.54. The topological polar surface area (TPSA) is 41.1 Å². The van der Waals surface area contributed by atoms with E-state index in [1.807, 2.05) is 49.4 Å². The van der Waals surface area contributed by atoms with Crippen LogP contribution in [0.25, 0.3) is 0 Å². The van der Waals surface area contributed by atoms with Crippen molar-refractivity contribution in [3.8, 4) is 0 Å². The van der Waals surface area contributed by atoms with Gasteiger partial charge in [0.25, 0.3) is 5.91 Å². The fourth-order valence-electron chi connectivity index (χ4n) is 1.91. The number of rotatable bonds is 4. The predicted molar refractivity (Wildman–Crippen MR) is 83.3 cm³/mol. The number of carbonyl (C=O) groups excluding carboxylic acids is 1. The molecule has 4 heteroatoms. The normalized spacial score (nSPS) is 10.2. The number of benzene rings is 2. The van der Waals surface area contributed by atoms with Crippen molar-refractivity contribution < 1.29 is 4.79 Å². The quantitative estimate of drug-likeness (QED) is 0.902. The number of carbonyl (C=O) groups is 1. The molecule has 2 N–H and O–H groups in total. The largest absolute Gasteiger partial charge is 0.381 e. The fraction of sp³-hybridized carbons (Fsp3) is 0.188. The maximum absolute atomic E-state index is 11.4. The van der Waals surface area contributed by atoms with E-state index in [1.165, 1.54) is 0 Å². The first-order valence-electron chi connectivity index (χ1n) is 6.42. The SMILES string of the molecule is CNC(=O)c1ccc(CNc2cccc(Cl)c2C)cc1. The monoisotopic (exact) mass is 288 g/mol. The zero-order chi connectivity index (χ0) is 14.5. The molecule has 0 saturated heterocycles. The molecule has 104 valence electrons. The molecule has 3 nitrogen and oxygen atoms in total. The lowest BCUT2D eigenvalue weighted by atomic mass is 10.1. The van der Waals surface area contributed by atoms with Crippen molar-refractivity contribution in [3.63, 3.8) is 0 Å². The van der Waals surface area contributed by atoms with Gasteiger partial charge >= 0.3 is 0 Å². The highest BCUT2D eigenvalue weighted by molar-refractivity contribution is 6.31. The van der Waals surface area contributed by atoms with Crippen LogP contribution in [-0.4, -0.2) is 13.0 Å². The fourth-order valence-corrected chi connectivity index (χ4v) is 2.09. The first kappa shape index (κ1) is 14.4. The second-order valence-corrected chi connectivity index (χ2v) is 4.95. The van der Waals surface area contributed by atoms with Crippen LogP contribution in [0.2, 0.25) is 5.02 Å². The van der Waals surface area contributed by atoms with Gasteiger partial charge in [-0.3, -0.25) is 4.79 Å². The van der Waals surface area contributed by atoms with Crippen LogP contribution in [0.4, 0.5) is 5.69 Å². The first-order valence-corrected chi connectivity index (χ1v) is 6.79. The molecule has 0 heterocycles. The maximum Gasteiger partial charge on any atom is 0.251 e. The van der Waals surface area contributed by atoms with Crippen molar-refractivity contribution >= 4 is 23.2 Å². The molecule has 20 heavy (non-hydrogen) atoms. The summed E-state index contributed by atoms with van der Waals surface area (Å²) in [6.45, 7) is 2.68. The Kier molecular flexibility index (Phi) is 4.64. The minimum absolute atomic E-state index is 0.0739. The van der Waals surface area contributed by atoms with Crippen LogP contribution in [0.1, 0.15) is 21.5 Å². The molecule has 0 saturated carbocycles. The van der Waals surface area contributed by atoms with Crippen LogP contribution in [0.3, 0.4) is 0 Å². The summed E-state index contributed by atoms with van der Waals surface area (Å²) in [6.07, 6.45) is 0. The van der Waals surface area contributed by atoms with E-state index in [0.717, 1.165) is 21.8 Å². The van der Waals surface area contributed by atoms with Crippen molar-refractivity contribution in [2.24, 2.45) is 0 Å². The molecule has 0 bridgehead atoms. The Labute approximate surface area is 124 Å². The standard InChI is InChI=1S/C16H17ClN2O/c1-11-14(17)4-3-5-15(11)19-10-12-6-8-13(9-7-12)16(20)18-2/h3-9,19H,10H2,1-2H3,(H,18,20). The van der Waals surface area contributed by atoms with Gasteiger partial charge in [-0.15, -0.1) is 0 Å². The molecule has 2 aromatic carbocycles. The summed E-state index contributed by atoms with van der Waals surface area (Å²) >= 11 is 6.08. The Balaban J connectivity index is 2.04. The Hall–Kier alpha value is -2.00. The Morgan fingerprint density at radius 2 is 1.85 bits per heavy atom. The van der Waals surface area contributed by atoms with E-state index in [1.54, 1.807) is 7.05 Å². The molecule has 0 fully saturated rings. The summed E-state index contributed by atoms with van der Waals surface area (Å²) in [5.41, 5.74) is 3.83. The molecule has 1 amide bonds. The first-order chi connectivity index (χ1) is 9.61. The van der Waals surface area contributed by atoms with Crippen LogP contribution in [0.5, 0.6) is 0 Å². The molecule has 0 radical (unpaired) electrons. The van der Waals surface area contributed by atoms with Crippen molar-refractivity contribution in [1.29, 1.82) is 0 Å². The van der Waals surface area contributed by atoms with E-state index in [2.05, 4.69) is 10.6 Å². The van der Waals surface area contributed by atoms with Crippen molar-refractivity contribution in [2.45, 2.75) is 13.5 Å². The van der Waals surface area contributed by atoms with E-state index < -0.39 is 0 Å². The number of anilines is 1. The van der Waals surface area contributed by atoms with Crippen molar-refractivity contribution in [1.82, 2.24) is 5.32 Å². The molecule has 0 aliphatic rings. The number of hydrogen-bond acceptors (Lipinski definition) is 2. The molecule has 0 aliphatic carbocycles. The van der Waals surface area contributed by atoms with Crippen molar-refractivity contribution in [2.75, 3.05) is 12.4 Å². The average molecular weight is 289 g/mol. The van der Waals surface area contributed by atoms with Gasteiger partial charge in [-0.05, 0) is 42.3 Å². The third-order valence-electron chi connectivity index (χ3n) is 3.19. The lowest BCUT2D eigenvalue weighted by Crippen LogP contribution is -2.17. The molecule has 0 spiro atoms. The highest BCUT2D eigenvalue weighted by Crippen LogP contribution is 2.23. The number of halogens is 1. The number of nitrogens with one attached hydrogen (secondary N) is 2. The van der Waals surface area contributed by atoms with Gasteiger partial charge in [-0.1, -0.05) is 29.8 Å². The van der Waals surface area contributed by atoms with E-state index in [9.17, 15) is 4.79 Å². The smallest absolute Gasteiger partial charge is 0.251 e. The van der Waals surface area contributed by atoms with E-state index >= 15 is 0 Å². The van der Waals surface area contributed by atoms with Crippen LogP contribution in [0.15, 0.2) is 42.5 Å². The van der Waals surface area contributed by atoms with E-state index in [-0.39, 0.29) is 5.91 Å². The zero-order valence-corrected chi connectivity index (χ0v) is 12.3. The van der Waals surface area contributed by atoms with E-state index in [0.29, 0.717) is 12.1 Å². The van der Waals surface area contributed by atoms with Gasteiger partial charge in [0.1, 0.15) is 0 Å². The van der Waals surface area contributed by atoms with Crippen LogP contribution >= 0.6 is 11.6 Å². The van der Waals surface area contributed by atoms with Gasteiger partial charge in [-0.2, -0.15) is 0 Å². The van der Waals surface area contributed by atoms with Crippen molar-refractivity contribution in [3.05, 3.63) is 64.2 Å². The summed E-state index contributed by atoms with van der Waals surface area (Å²) in [5, 5.41) is 6.71. The lowest BCUT2D eigenvalue weighted by Gasteiger charge is -2.11. The average Bonchev–Trinajstić information content (AvgIpc) is 2.48. The molecule has 0 atom stereocenters. The minimum atomic E-state index is -0.0739. The lowest BCUT2D eigenvalue weighted by molar-refractivity contribution is 0.0963. The highest BCUT2D eigenvalue weighted by Gasteiger charge is 2.04. The maximum atomic E-state index is 11.4.